The lowest BCUT2D eigenvalue weighted by Crippen LogP contribution is -2.30. The molecule has 0 spiro atoms. The Morgan fingerprint density at radius 3 is 0.615 bits per heavy atom. The Kier molecular flexibility index (Phi) is 53.7. The Bertz CT molecular complexity index is 967. The number of hydrogen-bond donors (Lipinski definition) is 0. The molecule has 1 unspecified atom stereocenters. The van der Waals surface area contributed by atoms with E-state index < -0.39 is 6.10 Å². The van der Waals surface area contributed by atoms with Crippen LogP contribution in [0.1, 0.15) is 342 Å². The number of esters is 3. The fourth-order valence-electron chi connectivity index (χ4n) is 9.15. The van der Waals surface area contributed by atoms with Crippen molar-refractivity contribution in [3.05, 3.63) is 0 Å². The van der Waals surface area contributed by atoms with Crippen molar-refractivity contribution < 1.29 is 28.6 Å². The van der Waals surface area contributed by atoms with E-state index in [1.54, 1.807) is 0 Å². The largest absolute Gasteiger partial charge is 0.462 e. The van der Waals surface area contributed by atoms with E-state index in [1.165, 1.54) is 244 Å². The van der Waals surface area contributed by atoms with Crippen molar-refractivity contribution in [3.8, 4) is 0 Å². The van der Waals surface area contributed by atoms with E-state index in [2.05, 4.69) is 20.8 Å². The van der Waals surface area contributed by atoms with Crippen LogP contribution in [0.2, 0.25) is 0 Å². The highest BCUT2D eigenvalue weighted by Gasteiger charge is 2.19. The molecule has 0 aromatic rings. The Labute approximate surface area is 406 Å². The Morgan fingerprint density at radius 2 is 0.415 bits per heavy atom. The van der Waals surface area contributed by atoms with Gasteiger partial charge in [0.05, 0.1) is 0 Å². The second-order valence-corrected chi connectivity index (χ2v) is 20.3. The van der Waals surface area contributed by atoms with E-state index in [1.807, 2.05) is 0 Å². The van der Waals surface area contributed by atoms with Crippen LogP contribution in [-0.2, 0) is 28.6 Å². The van der Waals surface area contributed by atoms with Crippen LogP contribution in [0.5, 0.6) is 0 Å². The van der Waals surface area contributed by atoms with E-state index in [-0.39, 0.29) is 31.1 Å². The predicted octanol–water partition coefficient (Wildman–Crippen LogP) is 19.5. The quantitative estimate of drug-likeness (QED) is 0.0344. The summed E-state index contributed by atoms with van der Waals surface area (Å²) in [6.07, 6.45) is 61.3. The maximum absolute atomic E-state index is 12.8. The van der Waals surface area contributed by atoms with Gasteiger partial charge < -0.3 is 14.2 Å². The van der Waals surface area contributed by atoms with Crippen molar-refractivity contribution in [2.45, 2.75) is 348 Å². The van der Waals surface area contributed by atoms with Crippen LogP contribution in [0.25, 0.3) is 0 Å². The fourth-order valence-corrected chi connectivity index (χ4v) is 9.15. The normalized spacial score (nSPS) is 11.9. The molecule has 0 bridgehead atoms. The van der Waals surface area contributed by atoms with Crippen molar-refractivity contribution in [1.82, 2.24) is 0 Å². The smallest absolute Gasteiger partial charge is 0.306 e. The van der Waals surface area contributed by atoms with Gasteiger partial charge in [-0.2, -0.15) is 0 Å². The van der Waals surface area contributed by atoms with Crippen LogP contribution in [0, 0.1) is 0 Å². The highest BCUT2D eigenvalue weighted by molar-refractivity contribution is 5.71. The van der Waals surface area contributed by atoms with Gasteiger partial charge in [0.15, 0.2) is 6.10 Å². The predicted molar refractivity (Wildman–Crippen MR) is 280 cm³/mol. The van der Waals surface area contributed by atoms with Crippen molar-refractivity contribution >= 4 is 17.9 Å². The molecule has 0 aromatic heterocycles. The lowest BCUT2D eigenvalue weighted by Gasteiger charge is -2.18. The highest BCUT2D eigenvalue weighted by Crippen LogP contribution is 2.18. The number of carbonyl (C=O) groups excluding carboxylic acids is 3. The summed E-state index contributed by atoms with van der Waals surface area (Å²) < 4.78 is 16.8. The zero-order chi connectivity index (χ0) is 47.2. The first-order valence-corrected chi connectivity index (χ1v) is 29.5. The lowest BCUT2D eigenvalue weighted by molar-refractivity contribution is -0.167. The fraction of sp³-hybridized carbons (Fsp3) is 0.949. The summed E-state index contributed by atoms with van der Waals surface area (Å²) in [5.74, 6) is -0.841. The molecule has 0 amide bonds. The van der Waals surface area contributed by atoms with Gasteiger partial charge in [0.25, 0.3) is 0 Å². The molecule has 0 fully saturated rings. The molecule has 0 heterocycles. The van der Waals surface area contributed by atoms with Crippen LogP contribution in [0.15, 0.2) is 0 Å². The second kappa shape index (κ2) is 55.0. The summed E-state index contributed by atoms with van der Waals surface area (Å²) >= 11 is 0. The molecule has 0 aromatic carbocycles. The standard InChI is InChI=1S/C59H114O6/c1-4-7-10-13-16-19-21-23-24-25-26-27-28-29-30-31-32-33-34-35-37-38-40-43-46-49-52-58(61)64-55-56(54-63-57(60)51-48-45-42-18-15-12-9-6-3)65-59(62)53-50-47-44-41-39-36-22-20-17-14-11-8-5-2/h56H,4-55H2,1-3H3. The van der Waals surface area contributed by atoms with Gasteiger partial charge in [-0.05, 0) is 19.3 Å². The van der Waals surface area contributed by atoms with E-state index in [0.717, 1.165) is 57.8 Å². The van der Waals surface area contributed by atoms with Crippen molar-refractivity contribution in [3.63, 3.8) is 0 Å². The molecule has 386 valence electrons. The maximum atomic E-state index is 12.8. The minimum atomic E-state index is -0.759. The molecule has 0 rings (SSSR count). The lowest BCUT2D eigenvalue weighted by atomic mass is 10.0. The first-order valence-electron chi connectivity index (χ1n) is 29.5. The van der Waals surface area contributed by atoms with E-state index in [9.17, 15) is 14.4 Å². The third kappa shape index (κ3) is 53.2. The monoisotopic (exact) mass is 919 g/mol. The maximum Gasteiger partial charge on any atom is 0.306 e. The average molecular weight is 920 g/mol. The van der Waals surface area contributed by atoms with Gasteiger partial charge in [0, 0.05) is 19.3 Å². The summed E-state index contributed by atoms with van der Waals surface area (Å²) in [4.78, 5) is 37.9. The summed E-state index contributed by atoms with van der Waals surface area (Å²) in [6, 6.07) is 0. The van der Waals surface area contributed by atoms with Crippen LogP contribution in [0.4, 0.5) is 0 Å². The summed E-state index contributed by atoms with van der Waals surface area (Å²) in [5, 5.41) is 0. The van der Waals surface area contributed by atoms with E-state index >= 15 is 0 Å². The van der Waals surface area contributed by atoms with Gasteiger partial charge in [-0.25, -0.2) is 0 Å². The molecular weight excluding hydrogens is 805 g/mol. The summed E-state index contributed by atoms with van der Waals surface area (Å²) in [7, 11) is 0. The molecule has 1 atom stereocenters. The van der Waals surface area contributed by atoms with Gasteiger partial charge in [0.1, 0.15) is 13.2 Å². The van der Waals surface area contributed by atoms with Gasteiger partial charge in [-0.15, -0.1) is 0 Å². The number of ether oxygens (including phenoxy) is 3. The number of hydrogen-bond acceptors (Lipinski definition) is 6. The second-order valence-electron chi connectivity index (χ2n) is 20.3. The first kappa shape index (κ1) is 63.4. The van der Waals surface area contributed by atoms with Crippen LogP contribution in [-0.4, -0.2) is 37.2 Å². The topological polar surface area (TPSA) is 78.9 Å². The molecule has 65 heavy (non-hydrogen) atoms. The Morgan fingerprint density at radius 1 is 0.246 bits per heavy atom. The molecule has 0 saturated carbocycles. The van der Waals surface area contributed by atoms with Crippen molar-refractivity contribution in [1.29, 1.82) is 0 Å². The minimum absolute atomic E-state index is 0.0618. The van der Waals surface area contributed by atoms with E-state index in [0.29, 0.717) is 19.3 Å². The molecule has 0 aliphatic carbocycles. The zero-order valence-corrected chi connectivity index (χ0v) is 44.3. The Balaban J connectivity index is 4.04. The molecule has 0 radical (unpaired) electrons. The molecule has 0 N–H and O–H groups in total. The minimum Gasteiger partial charge on any atom is -0.462 e. The molecule has 6 nitrogen and oxygen atoms in total. The molecule has 6 heteroatoms. The van der Waals surface area contributed by atoms with Crippen molar-refractivity contribution in [2.75, 3.05) is 13.2 Å². The van der Waals surface area contributed by atoms with E-state index in [4.69, 9.17) is 14.2 Å². The van der Waals surface area contributed by atoms with Crippen LogP contribution in [0.3, 0.4) is 0 Å². The third-order valence-electron chi connectivity index (χ3n) is 13.6. The molecule has 0 aliphatic heterocycles. The molecular formula is C59H114O6. The number of carbonyl (C=O) groups is 3. The number of unbranched alkanes of at least 4 members (excludes halogenated alkanes) is 44. The zero-order valence-electron chi connectivity index (χ0n) is 44.3. The van der Waals surface area contributed by atoms with Crippen molar-refractivity contribution in [2.24, 2.45) is 0 Å². The van der Waals surface area contributed by atoms with Gasteiger partial charge in [-0.3, -0.25) is 14.4 Å². The summed E-state index contributed by atoms with van der Waals surface area (Å²) in [5.41, 5.74) is 0. The Hall–Kier alpha value is -1.59. The van der Waals surface area contributed by atoms with Gasteiger partial charge in [0.2, 0.25) is 0 Å². The van der Waals surface area contributed by atoms with Gasteiger partial charge >= 0.3 is 17.9 Å². The highest BCUT2D eigenvalue weighted by atomic mass is 16.6. The SMILES string of the molecule is CCCCCCCCCCCCCCCCCCCCCCCCCCCCC(=O)OCC(COC(=O)CCCCCCCCCC)OC(=O)CCCCCCCCCCCCCCC. The van der Waals surface area contributed by atoms with Crippen LogP contribution >= 0.6 is 0 Å². The third-order valence-corrected chi connectivity index (χ3v) is 13.6. The number of rotatable bonds is 55. The molecule has 0 aliphatic rings. The van der Waals surface area contributed by atoms with Gasteiger partial charge in [-0.1, -0.05) is 303 Å². The first-order chi connectivity index (χ1) is 32.0. The molecule has 0 saturated heterocycles. The van der Waals surface area contributed by atoms with Crippen LogP contribution < -0.4 is 0 Å². The average Bonchev–Trinajstić information content (AvgIpc) is 3.30. The summed E-state index contributed by atoms with van der Waals surface area (Å²) in [6.45, 7) is 6.67.